The van der Waals surface area contributed by atoms with Crippen LogP contribution in [0.3, 0.4) is 0 Å². The number of carbonyl (C=O) groups excluding carboxylic acids is 1. The summed E-state index contributed by atoms with van der Waals surface area (Å²) in [5, 5.41) is 0. The monoisotopic (exact) mass is 221 g/mol. The van der Waals surface area contributed by atoms with Crippen molar-refractivity contribution in [2.45, 2.75) is 6.42 Å². The first-order valence-corrected chi connectivity index (χ1v) is 5.24. The summed E-state index contributed by atoms with van der Waals surface area (Å²) in [6.45, 7) is 1.95. The molecule has 1 aromatic heterocycles. The van der Waals surface area contributed by atoms with Gasteiger partial charge in [0.15, 0.2) is 0 Å². The van der Waals surface area contributed by atoms with Crippen LogP contribution in [0.1, 0.15) is 6.42 Å². The second-order valence-corrected chi connectivity index (χ2v) is 3.86. The first-order valence-electron chi connectivity index (χ1n) is 5.24. The van der Waals surface area contributed by atoms with E-state index in [1.807, 2.05) is 11.9 Å². The van der Waals surface area contributed by atoms with Crippen molar-refractivity contribution in [1.29, 1.82) is 0 Å². The third-order valence-corrected chi connectivity index (χ3v) is 2.66. The number of amides is 1. The quantitative estimate of drug-likeness (QED) is 0.706. The molecule has 1 aromatic rings. The van der Waals surface area contributed by atoms with Crippen molar-refractivity contribution in [3.8, 4) is 0 Å². The van der Waals surface area contributed by atoms with Gasteiger partial charge in [-0.25, -0.2) is 4.98 Å². The average Bonchev–Trinajstić information content (AvgIpc) is 2.42. The van der Waals surface area contributed by atoms with E-state index < -0.39 is 0 Å². The summed E-state index contributed by atoms with van der Waals surface area (Å²) in [6, 6.07) is 1.77. The summed E-state index contributed by atoms with van der Waals surface area (Å²) >= 11 is 0. The fraction of sp³-hybridized carbons (Fsp3) is 0.500. The Bertz CT molecular complexity index is 395. The molecular weight excluding hydrogens is 206 g/mol. The average molecular weight is 221 g/mol. The first kappa shape index (κ1) is 10.7. The Morgan fingerprint density at radius 3 is 3.00 bits per heavy atom. The minimum atomic E-state index is 0.106. The van der Waals surface area contributed by atoms with Gasteiger partial charge in [0, 0.05) is 26.3 Å². The highest BCUT2D eigenvalue weighted by molar-refractivity contribution is 5.81. The van der Waals surface area contributed by atoms with Gasteiger partial charge in [-0.05, 0) is 12.5 Å². The van der Waals surface area contributed by atoms with E-state index in [0.717, 1.165) is 25.3 Å². The van der Waals surface area contributed by atoms with E-state index in [1.165, 1.54) is 0 Å². The number of nitrogen functional groups attached to an aromatic ring is 1. The van der Waals surface area contributed by atoms with Crippen molar-refractivity contribution >= 4 is 17.7 Å². The number of nitrogens with zero attached hydrogens (tertiary/aromatic N) is 4. The largest absolute Gasteiger partial charge is 0.368 e. The van der Waals surface area contributed by atoms with Crippen LogP contribution in [0.5, 0.6) is 0 Å². The second kappa shape index (κ2) is 4.34. The number of aromatic nitrogens is 2. The van der Waals surface area contributed by atoms with Gasteiger partial charge in [-0.1, -0.05) is 0 Å². The lowest BCUT2D eigenvalue weighted by Crippen LogP contribution is -2.34. The zero-order chi connectivity index (χ0) is 11.5. The van der Waals surface area contributed by atoms with Crippen LogP contribution in [-0.2, 0) is 4.79 Å². The van der Waals surface area contributed by atoms with Crippen molar-refractivity contribution in [2.75, 3.05) is 37.3 Å². The molecule has 0 spiro atoms. The fourth-order valence-corrected chi connectivity index (χ4v) is 1.72. The van der Waals surface area contributed by atoms with E-state index >= 15 is 0 Å². The van der Waals surface area contributed by atoms with Crippen LogP contribution >= 0.6 is 0 Å². The Hall–Kier alpha value is -1.85. The summed E-state index contributed by atoms with van der Waals surface area (Å²) in [5.74, 6) is 1.06. The first-order chi connectivity index (χ1) is 7.66. The minimum Gasteiger partial charge on any atom is -0.368 e. The molecule has 2 heterocycles. The standard InChI is InChI=1S/C10H15N5O/c1-14-5-2-6-15(7-9(14)16)8-3-4-12-10(11)13-8/h3-4H,2,5-7H2,1H3,(H2,11,12,13). The summed E-state index contributed by atoms with van der Waals surface area (Å²) in [4.78, 5) is 23.3. The Labute approximate surface area is 94.1 Å². The topological polar surface area (TPSA) is 75.3 Å². The van der Waals surface area contributed by atoms with Crippen LogP contribution in [-0.4, -0.2) is 47.5 Å². The molecule has 2 rings (SSSR count). The molecule has 16 heavy (non-hydrogen) atoms. The maximum absolute atomic E-state index is 11.7. The maximum atomic E-state index is 11.7. The van der Waals surface area contributed by atoms with Crippen LogP contribution in [0.25, 0.3) is 0 Å². The molecule has 0 bridgehead atoms. The molecule has 0 aromatic carbocycles. The third kappa shape index (κ3) is 2.21. The summed E-state index contributed by atoms with van der Waals surface area (Å²) in [7, 11) is 1.82. The Kier molecular flexibility index (Phi) is 2.89. The number of nitrogens with two attached hydrogens (primary N) is 1. The van der Waals surface area contributed by atoms with Gasteiger partial charge in [0.05, 0.1) is 6.54 Å². The number of hydrogen-bond donors (Lipinski definition) is 1. The van der Waals surface area contributed by atoms with Gasteiger partial charge < -0.3 is 15.5 Å². The van der Waals surface area contributed by atoms with Crippen molar-refractivity contribution in [3.63, 3.8) is 0 Å². The van der Waals surface area contributed by atoms with Crippen LogP contribution in [0.2, 0.25) is 0 Å². The van der Waals surface area contributed by atoms with Crippen LogP contribution < -0.4 is 10.6 Å². The highest BCUT2D eigenvalue weighted by Crippen LogP contribution is 2.13. The van der Waals surface area contributed by atoms with Crippen molar-refractivity contribution in [1.82, 2.24) is 14.9 Å². The number of likely N-dealkylation sites (N-methyl/N-ethyl adjacent to an activating group) is 1. The van der Waals surface area contributed by atoms with E-state index in [1.54, 1.807) is 17.2 Å². The molecule has 2 N–H and O–H groups in total. The summed E-state index contributed by atoms with van der Waals surface area (Å²) in [5.41, 5.74) is 5.52. The van der Waals surface area contributed by atoms with Crippen LogP contribution in [0.15, 0.2) is 12.3 Å². The Morgan fingerprint density at radius 2 is 2.25 bits per heavy atom. The Balaban J connectivity index is 2.18. The normalized spacial score (nSPS) is 17.4. The predicted octanol–water partition coefficient (Wildman–Crippen LogP) is -0.273. The molecule has 1 amide bonds. The molecule has 1 saturated heterocycles. The number of carbonyl (C=O) groups is 1. The molecule has 0 aliphatic carbocycles. The lowest BCUT2D eigenvalue weighted by Gasteiger charge is -2.20. The zero-order valence-electron chi connectivity index (χ0n) is 9.26. The smallest absolute Gasteiger partial charge is 0.241 e. The molecule has 0 radical (unpaired) electrons. The maximum Gasteiger partial charge on any atom is 0.241 e. The van der Waals surface area contributed by atoms with E-state index in [2.05, 4.69) is 9.97 Å². The molecule has 6 nitrogen and oxygen atoms in total. The molecule has 1 fully saturated rings. The van der Waals surface area contributed by atoms with Gasteiger partial charge in [-0.2, -0.15) is 4.98 Å². The van der Waals surface area contributed by atoms with E-state index in [-0.39, 0.29) is 11.9 Å². The number of rotatable bonds is 1. The highest BCUT2D eigenvalue weighted by Gasteiger charge is 2.19. The third-order valence-electron chi connectivity index (χ3n) is 2.66. The SMILES string of the molecule is CN1CCCN(c2ccnc(N)n2)CC1=O. The molecule has 86 valence electrons. The molecular formula is C10H15N5O. The van der Waals surface area contributed by atoms with Crippen molar-refractivity contribution in [3.05, 3.63) is 12.3 Å². The zero-order valence-corrected chi connectivity index (χ0v) is 9.26. The molecule has 6 heteroatoms. The minimum absolute atomic E-state index is 0.106. The number of hydrogen-bond acceptors (Lipinski definition) is 5. The Morgan fingerprint density at radius 1 is 1.44 bits per heavy atom. The second-order valence-electron chi connectivity index (χ2n) is 3.86. The summed E-state index contributed by atoms with van der Waals surface area (Å²) < 4.78 is 0. The molecule has 1 aliphatic rings. The van der Waals surface area contributed by atoms with Gasteiger partial charge in [-0.3, -0.25) is 4.79 Å². The van der Waals surface area contributed by atoms with Gasteiger partial charge in [-0.15, -0.1) is 0 Å². The van der Waals surface area contributed by atoms with Gasteiger partial charge in [0.2, 0.25) is 11.9 Å². The van der Waals surface area contributed by atoms with E-state index in [0.29, 0.717) is 6.54 Å². The fourth-order valence-electron chi connectivity index (χ4n) is 1.72. The van der Waals surface area contributed by atoms with Gasteiger partial charge in [0.25, 0.3) is 0 Å². The lowest BCUT2D eigenvalue weighted by atomic mass is 10.4. The highest BCUT2D eigenvalue weighted by atomic mass is 16.2. The van der Waals surface area contributed by atoms with Crippen LogP contribution in [0.4, 0.5) is 11.8 Å². The molecule has 0 saturated carbocycles. The van der Waals surface area contributed by atoms with Gasteiger partial charge in [0.1, 0.15) is 5.82 Å². The molecule has 0 unspecified atom stereocenters. The summed E-state index contributed by atoms with van der Waals surface area (Å²) in [6.07, 6.45) is 2.54. The predicted molar refractivity (Wildman–Crippen MR) is 60.9 cm³/mol. The number of anilines is 2. The van der Waals surface area contributed by atoms with Crippen molar-refractivity contribution in [2.24, 2.45) is 0 Å². The van der Waals surface area contributed by atoms with Crippen molar-refractivity contribution < 1.29 is 4.79 Å². The molecule has 0 atom stereocenters. The van der Waals surface area contributed by atoms with Gasteiger partial charge >= 0.3 is 0 Å². The lowest BCUT2D eigenvalue weighted by molar-refractivity contribution is -0.127. The molecule has 1 aliphatic heterocycles. The van der Waals surface area contributed by atoms with Crippen LogP contribution in [0, 0.1) is 0 Å². The van der Waals surface area contributed by atoms with E-state index in [9.17, 15) is 4.79 Å². The van der Waals surface area contributed by atoms with E-state index in [4.69, 9.17) is 5.73 Å².